The molecule has 1 unspecified atom stereocenters. The topological polar surface area (TPSA) is 49.5 Å². The highest BCUT2D eigenvalue weighted by atomic mass is 16.5. The fourth-order valence-electron chi connectivity index (χ4n) is 4.05. The summed E-state index contributed by atoms with van der Waals surface area (Å²) >= 11 is 0. The molecule has 0 aliphatic carbocycles. The van der Waals surface area contributed by atoms with Gasteiger partial charge in [0.2, 0.25) is 0 Å². The van der Waals surface area contributed by atoms with E-state index in [2.05, 4.69) is 27.7 Å². The Balaban J connectivity index is 2.25. The fraction of sp³-hybridized carbons (Fsp3) is 0.484. The lowest BCUT2D eigenvalue weighted by atomic mass is 10.1. The van der Waals surface area contributed by atoms with E-state index in [4.69, 9.17) is 4.74 Å². The molecule has 0 radical (unpaired) electrons. The van der Waals surface area contributed by atoms with Gasteiger partial charge < -0.3 is 9.84 Å². The molecular weight excluding hydrogens is 434 g/mol. The lowest BCUT2D eigenvalue weighted by Crippen LogP contribution is -2.24. The van der Waals surface area contributed by atoms with Gasteiger partial charge in [-0.2, -0.15) is 4.58 Å². The van der Waals surface area contributed by atoms with Crippen molar-refractivity contribution in [1.82, 2.24) is 0 Å². The SMILES string of the molecule is CCCCCC[C@H](CCC)Oc1ccc(C=[N+](CC(C)CC)C(=Cc2ccccc2)C(=O)O)cc1. The molecule has 0 spiro atoms. The van der Waals surface area contributed by atoms with Crippen LogP contribution in [0.4, 0.5) is 0 Å². The molecule has 2 rings (SSSR count). The maximum absolute atomic E-state index is 12.2. The number of ether oxygens (including phenoxy) is 1. The molecule has 2 aromatic rings. The van der Waals surface area contributed by atoms with E-state index in [0.717, 1.165) is 42.6 Å². The summed E-state index contributed by atoms with van der Waals surface area (Å²) in [7, 11) is 0. The van der Waals surface area contributed by atoms with Crippen LogP contribution >= 0.6 is 0 Å². The van der Waals surface area contributed by atoms with Crippen molar-refractivity contribution in [1.29, 1.82) is 0 Å². The quantitative estimate of drug-likeness (QED) is 0.116. The number of hydrogen-bond donors (Lipinski definition) is 1. The highest BCUT2D eigenvalue weighted by Crippen LogP contribution is 2.20. The Labute approximate surface area is 212 Å². The number of hydrogen-bond acceptors (Lipinski definition) is 2. The van der Waals surface area contributed by atoms with Crippen molar-refractivity contribution in [3.63, 3.8) is 0 Å². The average molecular weight is 479 g/mol. The van der Waals surface area contributed by atoms with Crippen LogP contribution in [-0.2, 0) is 4.79 Å². The van der Waals surface area contributed by atoms with E-state index >= 15 is 0 Å². The number of carboxylic acid groups (broad SMARTS) is 1. The van der Waals surface area contributed by atoms with Gasteiger partial charge in [-0.15, -0.1) is 0 Å². The molecule has 0 fully saturated rings. The highest BCUT2D eigenvalue weighted by Gasteiger charge is 2.23. The maximum Gasteiger partial charge on any atom is 0.401 e. The van der Waals surface area contributed by atoms with Crippen molar-refractivity contribution in [2.45, 2.75) is 85.2 Å². The van der Waals surface area contributed by atoms with E-state index in [-0.39, 0.29) is 11.8 Å². The first-order valence-corrected chi connectivity index (χ1v) is 13.3. The van der Waals surface area contributed by atoms with Gasteiger partial charge in [0.15, 0.2) is 12.8 Å². The van der Waals surface area contributed by atoms with Crippen LogP contribution in [0.25, 0.3) is 6.08 Å². The summed E-state index contributed by atoms with van der Waals surface area (Å²) in [5.74, 6) is 0.302. The van der Waals surface area contributed by atoms with E-state index in [1.54, 1.807) is 6.08 Å². The second kappa shape index (κ2) is 15.9. The van der Waals surface area contributed by atoms with Crippen molar-refractivity contribution in [3.05, 3.63) is 71.4 Å². The van der Waals surface area contributed by atoms with Crippen molar-refractivity contribution in [2.24, 2.45) is 5.92 Å². The highest BCUT2D eigenvalue weighted by molar-refractivity contribution is 5.90. The predicted molar refractivity (Wildman–Crippen MR) is 146 cm³/mol. The standard InChI is InChI=1S/C31H43NO3/c1-5-8-9-13-17-28(14-6-2)35-29-20-18-27(19-21-29)24-32(23-25(4)7-3)30(31(33)34)22-26-15-11-10-12-16-26/h10-12,15-16,18-22,24-25,28H,5-9,13-14,17,23H2,1-4H3/p+1/t25?,28-/m0/s1. The van der Waals surface area contributed by atoms with Crippen LogP contribution in [0.2, 0.25) is 0 Å². The van der Waals surface area contributed by atoms with Crippen LogP contribution in [-0.4, -0.2) is 34.5 Å². The lowest BCUT2D eigenvalue weighted by Gasteiger charge is -2.18. The van der Waals surface area contributed by atoms with Gasteiger partial charge >= 0.3 is 5.97 Å². The third-order valence-electron chi connectivity index (χ3n) is 6.31. The Kier molecular flexibility index (Phi) is 12.9. The van der Waals surface area contributed by atoms with Gasteiger partial charge in [-0.25, -0.2) is 4.79 Å². The van der Waals surface area contributed by atoms with Gasteiger partial charge in [-0.3, -0.25) is 0 Å². The first-order valence-electron chi connectivity index (χ1n) is 13.3. The third-order valence-corrected chi connectivity index (χ3v) is 6.31. The Hall–Kier alpha value is -2.88. The van der Waals surface area contributed by atoms with E-state index in [9.17, 15) is 9.90 Å². The summed E-state index contributed by atoms with van der Waals surface area (Å²) in [6.07, 6.45) is 13.2. The summed E-state index contributed by atoms with van der Waals surface area (Å²) in [6, 6.07) is 17.6. The molecule has 0 bridgehead atoms. The number of carbonyl (C=O) groups is 1. The minimum absolute atomic E-state index is 0.251. The molecule has 2 atom stereocenters. The monoisotopic (exact) mass is 478 g/mol. The number of aliphatic carboxylic acids is 1. The number of nitrogens with zero attached hydrogens (tertiary/aromatic N) is 1. The molecule has 2 aromatic carbocycles. The molecule has 0 aromatic heterocycles. The zero-order chi connectivity index (χ0) is 25.5. The smallest absolute Gasteiger partial charge is 0.401 e. The molecule has 1 N–H and O–H groups in total. The van der Waals surface area contributed by atoms with Crippen LogP contribution in [0.5, 0.6) is 5.75 Å². The summed E-state index contributed by atoms with van der Waals surface area (Å²) in [6.45, 7) is 9.35. The zero-order valence-electron chi connectivity index (χ0n) is 22.1. The normalized spacial score (nSPS) is 13.9. The minimum atomic E-state index is -0.932. The molecular formula is C31H44NO3+. The van der Waals surface area contributed by atoms with Crippen molar-refractivity contribution < 1.29 is 19.2 Å². The zero-order valence-corrected chi connectivity index (χ0v) is 22.1. The molecule has 0 aliphatic rings. The van der Waals surface area contributed by atoms with Crippen molar-refractivity contribution in [3.8, 4) is 5.75 Å². The molecule has 4 heteroatoms. The van der Waals surface area contributed by atoms with Crippen molar-refractivity contribution >= 4 is 18.3 Å². The van der Waals surface area contributed by atoms with Gasteiger partial charge in [0, 0.05) is 17.6 Å². The minimum Gasteiger partial charge on any atom is -0.490 e. The Morgan fingerprint density at radius 3 is 2.23 bits per heavy atom. The van der Waals surface area contributed by atoms with E-state index in [0.29, 0.717) is 12.5 Å². The van der Waals surface area contributed by atoms with Crippen LogP contribution < -0.4 is 4.74 Å². The molecule has 0 aliphatic heterocycles. The molecule has 0 saturated carbocycles. The molecule has 0 saturated heterocycles. The fourth-order valence-corrected chi connectivity index (χ4v) is 4.05. The van der Waals surface area contributed by atoms with E-state index < -0.39 is 5.97 Å². The van der Waals surface area contributed by atoms with E-state index in [1.165, 1.54) is 25.7 Å². The Morgan fingerprint density at radius 2 is 1.63 bits per heavy atom. The van der Waals surface area contributed by atoms with Gasteiger partial charge in [0.25, 0.3) is 5.70 Å². The molecule has 190 valence electrons. The predicted octanol–water partition coefficient (Wildman–Crippen LogP) is 7.81. The van der Waals surface area contributed by atoms with Crippen LogP contribution in [0, 0.1) is 5.92 Å². The average Bonchev–Trinajstić information content (AvgIpc) is 2.86. The number of benzene rings is 2. The van der Waals surface area contributed by atoms with Crippen molar-refractivity contribution in [2.75, 3.05) is 6.54 Å². The van der Waals surface area contributed by atoms with E-state index in [1.807, 2.05) is 65.4 Å². The van der Waals surface area contributed by atoms with Crippen LogP contribution in [0.1, 0.15) is 90.2 Å². The first-order chi connectivity index (χ1) is 17.0. The first kappa shape index (κ1) is 28.4. The number of rotatable bonds is 16. The van der Waals surface area contributed by atoms with Gasteiger partial charge in [-0.1, -0.05) is 83.7 Å². The Bertz CT molecular complexity index is 931. The second-order valence-electron chi connectivity index (χ2n) is 9.49. The summed E-state index contributed by atoms with van der Waals surface area (Å²) in [4.78, 5) is 12.2. The molecule has 0 amide bonds. The van der Waals surface area contributed by atoms with Gasteiger partial charge in [-0.05, 0) is 55.5 Å². The summed E-state index contributed by atoms with van der Waals surface area (Å²) in [5, 5.41) is 10.0. The largest absolute Gasteiger partial charge is 0.490 e. The van der Waals surface area contributed by atoms with Crippen LogP contribution in [0.15, 0.2) is 60.3 Å². The molecule has 4 nitrogen and oxygen atoms in total. The maximum atomic E-state index is 12.2. The lowest BCUT2D eigenvalue weighted by molar-refractivity contribution is -0.474. The summed E-state index contributed by atoms with van der Waals surface area (Å²) < 4.78 is 8.18. The molecule has 35 heavy (non-hydrogen) atoms. The van der Waals surface area contributed by atoms with Gasteiger partial charge in [0.1, 0.15) is 5.75 Å². The summed E-state index contributed by atoms with van der Waals surface area (Å²) in [5.41, 5.74) is 2.10. The number of carboxylic acids is 1. The van der Waals surface area contributed by atoms with Gasteiger partial charge in [0.05, 0.1) is 6.10 Å². The van der Waals surface area contributed by atoms with Crippen LogP contribution in [0.3, 0.4) is 0 Å². The number of unbranched alkanes of at least 4 members (excludes halogenated alkanes) is 3. The third kappa shape index (κ3) is 10.5. The Morgan fingerprint density at radius 1 is 0.914 bits per heavy atom. The second-order valence-corrected chi connectivity index (χ2v) is 9.49. The molecule has 0 heterocycles.